The number of rotatable bonds is 6. The van der Waals surface area contributed by atoms with Crippen LogP contribution in [0.4, 0.5) is 5.82 Å². The number of aromatic nitrogens is 2. The van der Waals surface area contributed by atoms with E-state index in [0.717, 1.165) is 52.2 Å². The fraction of sp³-hybridized carbons (Fsp3) is 0.706. The molecule has 0 unspecified atom stereocenters. The zero-order valence-electron chi connectivity index (χ0n) is 14.2. The number of carbonyl (C=O) groups is 1. The third kappa shape index (κ3) is 5.14. The molecule has 1 amide bonds. The van der Waals surface area contributed by atoms with E-state index in [1.165, 1.54) is 19.3 Å². The van der Waals surface area contributed by atoms with E-state index in [9.17, 15) is 4.79 Å². The lowest BCUT2D eigenvalue weighted by atomic mass is 9.95. The lowest BCUT2D eigenvalue weighted by Crippen LogP contribution is -2.39. The number of carbonyl (C=O) groups excluding carboxylic acids is 1. The van der Waals surface area contributed by atoms with Crippen molar-refractivity contribution in [2.45, 2.75) is 38.1 Å². The molecule has 1 aromatic rings. The number of ether oxygens (including phenoxy) is 1. The molecular formula is C17H27N5O2. The molecule has 0 atom stereocenters. The van der Waals surface area contributed by atoms with Gasteiger partial charge in [-0.3, -0.25) is 9.69 Å². The van der Waals surface area contributed by atoms with Crippen molar-refractivity contribution in [2.75, 3.05) is 44.7 Å². The van der Waals surface area contributed by atoms with Crippen LogP contribution in [0.25, 0.3) is 0 Å². The maximum atomic E-state index is 12.2. The van der Waals surface area contributed by atoms with E-state index in [-0.39, 0.29) is 5.91 Å². The Bertz CT molecular complexity index is 510. The normalized spacial score (nSPS) is 19.8. The first-order valence-electron chi connectivity index (χ1n) is 8.98. The first-order chi connectivity index (χ1) is 11.8. The number of hydrogen-bond acceptors (Lipinski definition) is 6. The lowest BCUT2D eigenvalue weighted by molar-refractivity contribution is 0.0398. The largest absolute Gasteiger partial charge is 0.379 e. The molecule has 1 aliphatic heterocycles. The van der Waals surface area contributed by atoms with Gasteiger partial charge in [0.1, 0.15) is 11.5 Å². The van der Waals surface area contributed by atoms with Gasteiger partial charge in [-0.05, 0) is 12.8 Å². The highest BCUT2D eigenvalue weighted by Gasteiger charge is 2.17. The molecule has 2 N–H and O–H groups in total. The zero-order chi connectivity index (χ0) is 16.6. The van der Waals surface area contributed by atoms with E-state index in [2.05, 4.69) is 25.5 Å². The van der Waals surface area contributed by atoms with Gasteiger partial charge < -0.3 is 15.4 Å². The second kappa shape index (κ2) is 8.94. The van der Waals surface area contributed by atoms with E-state index in [0.29, 0.717) is 17.6 Å². The van der Waals surface area contributed by atoms with E-state index in [1.807, 2.05) is 0 Å². The SMILES string of the molecule is O=C(NC1CCCCC1)c1cnc(NCCN2CCOCC2)cn1. The number of amides is 1. The fourth-order valence-electron chi connectivity index (χ4n) is 3.21. The van der Waals surface area contributed by atoms with Crippen molar-refractivity contribution in [1.29, 1.82) is 0 Å². The Morgan fingerprint density at radius 1 is 1.17 bits per heavy atom. The fourth-order valence-corrected chi connectivity index (χ4v) is 3.21. The van der Waals surface area contributed by atoms with Gasteiger partial charge in [-0.2, -0.15) is 0 Å². The van der Waals surface area contributed by atoms with Crippen LogP contribution in [0, 0.1) is 0 Å². The number of hydrogen-bond donors (Lipinski definition) is 2. The summed E-state index contributed by atoms with van der Waals surface area (Å²) >= 11 is 0. The molecule has 132 valence electrons. The number of anilines is 1. The monoisotopic (exact) mass is 333 g/mol. The maximum absolute atomic E-state index is 12.2. The average molecular weight is 333 g/mol. The minimum atomic E-state index is -0.116. The van der Waals surface area contributed by atoms with Crippen LogP contribution in [0.5, 0.6) is 0 Å². The molecular weight excluding hydrogens is 306 g/mol. The van der Waals surface area contributed by atoms with Crippen LogP contribution in [0.3, 0.4) is 0 Å². The molecule has 0 aromatic carbocycles. The smallest absolute Gasteiger partial charge is 0.271 e. The highest BCUT2D eigenvalue weighted by atomic mass is 16.5. The third-order valence-electron chi connectivity index (χ3n) is 4.66. The lowest BCUT2D eigenvalue weighted by Gasteiger charge is -2.26. The summed E-state index contributed by atoms with van der Waals surface area (Å²) in [6.45, 7) is 5.34. The maximum Gasteiger partial charge on any atom is 0.271 e. The highest BCUT2D eigenvalue weighted by molar-refractivity contribution is 5.92. The van der Waals surface area contributed by atoms with Crippen LogP contribution >= 0.6 is 0 Å². The predicted molar refractivity (Wildman–Crippen MR) is 92.1 cm³/mol. The van der Waals surface area contributed by atoms with Crippen LogP contribution in [-0.4, -0.2) is 66.2 Å². The summed E-state index contributed by atoms with van der Waals surface area (Å²) in [5.41, 5.74) is 0.388. The third-order valence-corrected chi connectivity index (χ3v) is 4.66. The van der Waals surface area contributed by atoms with Crippen LogP contribution in [0.15, 0.2) is 12.4 Å². The second-order valence-electron chi connectivity index (χ2n) is 6.48. The van der Waals surface area contributed by atoms with E-state index >= 15 is 0 Å². The molecule has 7 nitrogen and oxygen atoms in total. The van der Waals surface area contributed by atoms with Crippen molar-refractivity contribution in [3.8, 4) is 0 Å². The number of nitrogens with zero attached hydrogens (tertiary/aromatic N) is 3. The summed E-state index contributed by atoms with van der Waals surface area (Å²) in [5.74, 6) is 0.590. The molecule has 1 aliphatic carbocycles. The van der Waals surface area contributed by atoms with Gasteiger partial charge in [0.25, 0.3) is 5.91 Å². The van der Waals surface area contributed by atoms with Crippen molar-refractivity contribution in [3.63, 3.8) is 0 Å². The molecule has 1 aromatic heterocycles. The van der Waals surface area contributed by atoms with E-state index < -0.39 is 0 Å². The molecule has 2 fully saturated rings. The van der Waals surface area contributed by atoms with Gasteiger partial charge in [0.15, 0.2) is 0 Å². The molecule has 24 heavy (non-hydrogen) atoms. The first kappa shape index (κ1) is 17.1. The van der Waals surface area contributed by atoms with Gasteiger partial charge in [0, 0.05) is 32.2 Å². The van der Waals surface area contributed by atoms with Crippen LogP contribution < -0.4 is 10.6 Å². The number of morpholine rings is 1. The van der Waals surface area contributed by atoms with Gasteiger partial charge in [0.2, 0.25) is 0 Å². The summed E-state index contributed by atoms with van der Waals surface area (Å²) < 4.78 is 5.33. The summed E-state index contributed by atoms with van der Waals surface area (Å²) in [6.07, 6.45) is 8.99. The minimum absolute atomic E-state index is 0.116. The Balaban J connectivity index is 1.41. The molecule has 1 saturated carbocycles. The summed E-state index contributed by atoms with van der Waals surface area (Å²) in [4.78, 5) is 23.1. The van der Waals surface area contributed by atoms with E-state index in [4.69, 9.17) is 4.74 Å². The van der Waals surface area contributed by atoms with Gasteiger partial charge in [-0.25, -0.2) is 9.97 Å². The Kier molecular flexibility index (Phi) is 6.37. The Morgan fingerprint density at radius 2 is 1.96 bits per heavy atom. The van der Waals surface area contributed by atoms with Gasteiger partial charge in [-0.1, -0.05) is 19.3 Å². The Hall–Kier alpha value is -1.73. The molecule has 2 heterocycles. The molecule has 0 bridgehead atoms. The predicted octanol–water partition coefficient (Wildman–Crippen LogP) is 1.28. The molecule has 2 aliphatic rings. The summed E-state index contributed by atoms with van der Waals surface area (Å²) in [5, 5.41) is 6.31. The van der Waals surface area contributed by atoms with Crippen molar-refractivity contribution < 1.29 is 9.53 Å². The molecule has 1 saturated heterocycles. The topological polar surface area (TPSA) is 79.4 Å². The minimum Gasteiger partial charge on any atom is -0.379 e. The zero-order valence-corrected chi connectivity index (χ0v) is 14.2. The van der Waals surface area contributed by atoms with Gasteiger partial charge >= 0.3 is 0 Å². The van der Waals surface area contributed by atoms with Crippen LogP contribution in [0.2, 0.25) is 0 Å². The first-order valence-corrected chi connectivity index (χ1v) is 8.98. The van der Waals surface area contributed by atoms with Crippen molar-refractivity contribution >= 4 is 11.7 Å². The molecule has 0 radical (unpaired) electrons. The highest BCUT2D eigenvalue weighted by Crippen LogP contribution is 2.17. The van der Waals surface area contributed by atoms with Crippen molar-refractivity contribution in [1.82, 2.24) is 20.2 Å². The average Bonchev–Trinajstić information content (AvgIpc) is 2.64. The molecule has 3 rings (SSSR count). The summed E-state index contributed by atoms with van der Waals surface area (Å²) in [6, 6.07) is 0.291. The molecule has 0 spiro atoms. The Morgan fingerprint density at radius 3 is 2.67 bits per heavy atom. The number of nitrogens with one attached hydrogen (secondary N) is 2. The summed E-state index contributed by atoms with van der Waals surface area (Å²) in [7, 11) is 0. The molecule has 7 heteroatoms. The van der Waals surface area contributed by atoms with E-state index in [1.54, 1.807) is 12.4 Å². The second-order valence-corrected chi connectivity index (χ2v) is 6.48. The van der Waals surface area contributed by atoms with Crippen LogP contribution in [0.1, 0.15) is 42.6 Å². The standard InChI is InChI=1S/C17H27N5O2/c23-17(21-14-4-2-1-3-5-14)15-12-20-16(13-19-15)18-6-7-22-8-10-24-11-9-22/h12-14H,1-11H2,(H,18,20)(H,21,23). The van der Waals surface area contributed by atoms with Crippen molar-refractivity contribution in [3.05, 3.63) is 18.1 Å². The van der Waals surface area contributed by atoms with Gasteiger partial charge in [-0.15, -0.1) is 0 Å². The van der Waals surface area contributed by atoms with Crippen LogP contribution in [-0.2, 0) is 4.74 Å². The van der Waals surface area contributed by atoms with Gasteiger partial charge in [0.05, 0.1) is 25.6 Å². The Labute approximate surface area is 143 Å². The quantitative estimate of drug-likeness (QED) is 0.816. The van der Waals surface area contributed by atoms with Crippen molar-refractivity contribution in [2.24, 2.45) is 0 Å².